The first kappa shape index (κ1) is 22.5. The van der Waals surface area contributed by atoms with E-state index in [-0.39, 0.29) is 6.16 Å². The molecule has 0 aliphatic heterocycles. The van der Waals surface area contributed by atoms with E-state index >= 15 is 0 Å². The van der Waals surface area contributed by atoms with Crippen LogP contribution in [0.4, 0.5) is 0 Å². The van der Waals surface area contributed by atoms with Gasteiger partial charge in [0.15, 0.2) is 0 Å². The number of thioether (sulfide) groups is 1. The van der Waals surface area contributed by atoms with Gasteiger partial charge in [0.2, 0.25) is 7.59 Å². The van der Waals surface area contributed by atoms with Crippen LogP contribution in [0.15, 0.2) is 11.1 Å². The summed E-state index contributed by atoms with van der Waals surface area (Å²) in [6.07, 6.45) is 1.74. The number of hydrogen-bond acceptors (Lipinski definition) is 5. The highest BCUT2D eigenvalue weighted by Gasteiger charge is 2.34. The van der Waals surface area contributed by atoms with Gasteiger partial charge in [0, 0.05) is 7.05 Å². The van der Waals surface area contributed by atoms with E-state index < -0.39 is 28.4 Å². The van der Waals surface area contributed by atoms with Crippen molar-refractivity contribution in [1.29, 1.82) is 0 Å². The molecule has 0 radical (unpaired) electrons. The van der Waals surface area contributed by atoms with Crippen molar-refractivity contribution in [1.82, 2.24) is 9.78 Å². The third-order valence-corrected chi connectivity index (χ3v) is 5.51. The molecule has 5 nitrogen and oxygen atoms in total. The normalized spacial score (nSPS) is 13.6. The summed E-state index contributed by atoms with van der Waals surface area (Å²) in [5.74, 6) is 0. The first-order valence-corrected chi connectivity index (χ1v) is 11.1. The number of halogens is 6. The van der Waals surface area contributed by atoms with E-state index in [1.54, 1.807) is 17.8 Å². The van der Waals surface area contributed by atoms with Crippen LogP contribution in [0.3, 0.4) is 0 Å². The number of hydrogen-bond donors (Lipinski definition) is 0. The summed E-state index contributed by atoms with van der Waals surface area (Å²) < 4.78 is 21.3. The third-order valence-electron chi connectivity index (χ3n) is 2.30. The molecule has 0 aliphatic rings. The molecule has 0 saturated heterocycles. The molecule has 13 heteroatoms. The number of alkyl halides is 6. The van der Waals surface area contributed by atoms with Gasteiger partial charge in [0.05, 0.1) is 16.9 Å². The Kier molecular flexibility index (Phi) is 8.70. The van der Waals surface area contributed by atoms with Crippen molar-refractivity contribution in [2.24, 2.45) is 7.05 Å². The van der Waals surface area contributed by atoms with E-state index in [4.69, 9.17) is 78.7 Å². The van der Waals surface area contributed by atoms with Crippen LogP contribution in [-0.2, 0) is 26.8 Å². The van der Waals surface area contributed by atoms with Crippen LogP contribution in [0.5, 0.6) is 0 Å². The molecule has 0 saturated carbocycles. The molecule has 0 N–H and O–H groups in total. The lowest BCUT2D eigenvalue weighted by molar-refractivity contribution is 0.208. The van der Waals surface area contributed by atoms with Gasteiger partial charge >= 0.3 is 7.60 Å². The highest BCUT2D eigenvalue weighted by atomic mass is 35.6. The predicted molar refractivity (Wildman–Crippen MR) is 98.8 cm³/mol. The Hall–Kier alpha value is 1.45. The molecule has 0 unspecified atom stereocenters. The van der Waals surface area contributed by atoms with Gasteiger partial charge in [-0.25, -0.2) is 0 Å². The molecule has 1 rings (SSSR count). The second-order valence-corrected chi connectivity index (χ2v) is 12.3. The van der Waals surface area contributed by atoms with Crippen LogP contribution in [0.2, 0.25) is 0 Å². The molecule has 0 fully saturated rings. The fraction of sp³-hybridized carbons (Fsp3) is 0.700. The standard InChI is InChI=1S/C10H13Cl6N2O3PS/c1-18-8(23-2)3-7(17-18)4-22(19,20-5-9(11,12)13)21-6-10(14,15)16/h3H,4-6H2,1-2H3. The van der Waals surface area contributed by atoms with Gasteiger partial charge in [-0.05, 0) is 12.3 Å². The third kappa shape index (κ3) is 9.09. The van der Waals surface area contributed by atoms with E-state index in [0.717, 1.165) is 5.03 Å². The van der Waals surface area contributed by atoms with Gasteiger partial charge in [-0.2, -0.15) is 5.10 Å². The van der Waals surface area contributed by atoms with Crippen molar-refractivity contribution in [2.45, 2.75) is 18.8 Å². The van der Waals surface area contributed by atoms with Crippen molar-refractivity contribution in [3.8, 4) is 0 Å². The number of aryl methyl sites for hydroxylation is 1. The summed E-state index contributed by atoms with van der Waals surface area (Å²) in [7, 11) is -1.99. The molecule has 134 valence electrons. The molecule has 1 aromatic rings. The predicted octanol–water partition coefficient (Wildman–Crippen LogP) is 5.61. The van der Waals surface area contributed by atoms with Crippen LogP contribution in [0, 0.1) is 0 Å². The summed E-state index contributed by atoms with van der Waals surface area (Å²) in [4.78, 5) is 0. The fourth-order valence-corrected chi connectivity index (χ4v) is 4.38. The number of nitrogens with zero attached hydrogens (tertiary/aromatic N) is 2. The lowest BCUT2D eigenvalue weighted by Crippen LogP contribution is -2.17. The van der Waals surface area contributed by atoms with Gasteiger partial charge in [-0.15, -0.1) is 11.8 Å². The van der Waals surface area contributed by atoms with Crippen molar-refractivity contribution in [3.63, 3.8) is 0 Å². The Morgan fingerprint density at radius 2 is 1.65 bits per heavy atom. The summed E-state index contributed by atoms with van der Waals surface area (Å²) in [5.41, 5.74) is 0.480. The van der Waals surface area contributed by atoms with Crippen molar-refractivity contribution < 1.29 is 13.6 Å². The minimum absolute atomic E-state index is 0.150. The van der Waals surface area contributed by atoms with Crippen molar-refractivity contribution >= 4 is 89.0 Å². The number of rotatable bonds is 7. The zero-order valence-electron chi connectivity index (χ0n) is 11.9. The van der Waals surface area contributed by atoms with Crippen LogP contribution in [0.25, 0.3) is 0 Å². The molecule has 0 aromatic carbocycles. The lowest BCUT2D eigenvalue weighted by Gasteiger charge is -2.22. The summed E-state index contributed by atoms with van der Waals surface area (Å²) in [5, 5.41) is 5.09. The first-order chi connectivity index (χ1) is 10.3. The summed E-state index contributed by atoms with van der Waals surface area (Å²) in [6, 6.07) is 1.74. The first-order valence-electron chi connectivity index (χ1n) is 5.92. The lowest BCUT2D eigenvalue weighted by atomic mass is 10.5. The average Bonchev–Trinajstić information content (AvgIpc) is 2.73. The average molecular weight is 485 g/mol. The fourth-order valence-electron chi connectivity index (χ4n) is 1.45. The molecular weight excluding hydrogens is 472 g/mol. The zero-order valence-corrected chi connectivity index (χ0v) is 18.2. The Morgan fingerprint density at radius 1 is 1.17 bits per heavy atom. The zero-order chi connectivity index (χ0) is 17.9. The molecule has 23 heavy (non-hydrogen) atoms. The molecule has 0 bridgehead atoms. The molecule has 0 aliphatic carbocycles. The van der Waals surface area contributed by atoms with Gasteiger partial charge in [0.1, 0.15) is 13.2 Å². The minimum Gasteiger partial charge on any atom is -0.304 e. The van der Waals surface area contributed by atoms with Crippen LogP contribution < -0.4 is 0 Å². The molecule has 1 aromatic heterocycles. The Morgan fingerprint density at radius 3 is 2.00 bits per heavy atom. The van der Waals surface area contributed by atoms with E-state index in [9.17, 15) is 4.57 Å². The smallest absolute Gasteiger partial charge is 0.304 e. The highest BCUT2D eigenvalue weighted by Crippen LogP contribution is 2.54. The molecule has 1 heterocycles. The Labute approximate surface area is 168 Å². The second-order valence-electron chi connectivity index (χ2n) is 4.35. The number of aromatic nitrogens is 2. The topological polar surface area (TPSA) is 53.4 Å². The molecule has 0 atom stereocenters. The van der Waals surface area contributed by atoms with E-state index in [1.165, 1.54) is 11.8 Å². The van der Waals surface area contributed by atoms with Crippen molar-refractivity contribution in [2.75, 3.05) is 19.5 Å². The molecular formula is C10H13Cl6N2O3PS. The largest absolute Gasteiger partial charge is 0.336 e. The van der Waals surface area contributed by atoms with Gasteiger partial charge in [-0.1, -0.05) is 69.6 Å². The monoisotopic (exact) mass is 482 g/mol. The van der Waals surface area contributed by atoms with Gasteiger partial charge in [-0.3, -0.25) is 9.25 Å². The summed E-state index contributed by atoms with van der Waals surface area (Å²) in [6.45, 7) is -0.895. The van der Waals surface area contributed by atoms with E-state index in [1.807, 2.05) is 6.26 Å². The second kappa shape index (κ2) is 8.90. The molecule has 0 spiro atoms. The van der Waals surface area contributed by atoms with Crippen LogP contribution in [-0.4, -0.2) is 36.8 Å². The van der Waals surface area contributed by atoms with Crippen molar-refractivity contribution in [3.05, 3.63) is 11.8 Å². The van der Waals surface area contributed by atoms with Gasteiger partial charge < -0.3 is 9.05 Å². The maximum Gasteiger partial charge on any atom is 0.336 e. The van der Waals surface area contributed by atoms with Gasteiger partial charge in [0.25, 0.3) is 0 Å². The molecule has 0 amide bonds. The summed E-state index contributed by atoms with van der Waals surface area (Å²) >= 11 is 35.2. The quantitative estimate of drug-likeness (QED) is 0.286. The van der Waals surface area contributed by atoms with Crippen LogP contribution >= 0.6 is 89.0 Å². The minimum atomic E-state index is -3.74. The maximum absolute atomic E-state index is 12.8. The highest BCUT2D eigenvalue weighted by molar-refractivity contribution is 7.98. The Balaban J connectivity index is 2.90. The van der Waals surface area contributed by atoms with E-state index in [2.05, 4.69) is 5.10 Å². The Bertz CT molecular complexity index is 552. The van der Waals surface area contributed by atoms with E-state index in [0.29, 0.717) is 5.69 Å². The van der Waals surface area contributed by atoms with Crippen LogP contribution in [0.1, 0.15) is 5.69 Å². The SMILES string of the molecule is CSc1cc(CP(=O)(OCC(Cl)(Cl)Cl)OCC(Cl)(Cl)Cl)nn1C. The maximum atomic E-state index is 12.8.